The Morgan fingerprint density at radius 2 is 2.11 bits per heavy atom. The van der Waals surface area contributed by atoms with Crippen molar-refractivity contribution in [1.29, 1.82) is 0 Å². The Hall–Kier alpha value is -1.31. The number of nitrogens with zero attached hydrogens (tertiary/aromatic N) is 1. The van der Waals surface area contributed by atoms with Gasteiger partial charge in [-0.3, -0.25) is 0 Å². The van der Waals surface area contributed by atoms with Gasteiger partial charge >= 0.3 is 0 Å². The number of rotatable bonds is 3. The SMILES string of the molecule is C=C(Nc1cc(C)c(C)cn1)C1CC2CCC1C2. The number of aryl methyl sites for hydroxylation is 2. The third-order valence-electron chi connectivity index (χ3n) is 4.85. The van der Waals surface area contributed by atoms with E-state index in [2.05, 4.69) is 36.8 Å². The third kappa shape index (κ3) is 2.05. The van der Waals surface area contributed by atoms with E-state index in [1.807, 2.05) is 6.20 Å². The highest BCUT2D eigenvalue weighted by Gasteiger charge is 2.40. The molecule has 0 amide bonds. The fourth-order valence-electron chi connectivity index (χ4n) is 3.62. The Balaban J connectivity index is 1.69. The smallest absolute Gasteiger partial charge is 0.130 e. The summed E-state index contributed by atoms with van der Waals surface area (Å²) in [6.45, 7) is 8.47. The standard InChI is InChI=1S/C16H22N2/c1-10-6-16(17-9-11(10)2)18-12(3)15-8-13-4-5-14(15)7-13/h6,9,13-15H,3-5,7-8H2,1-2H3,(H,17,18). The predicted molar refractivity (Wildman–Crippen MR) is 75.4 cm³/mol. The number of aromatic nitrogens is 1. The summed E-state index contributed by atoms with van der Waals surface area (Å²) in [5.74, 6) is 3.46. The average molecular weight is 242 g/mol. The molecule has 2 fully saturated rings. The molecule has 2 saturated carbocycles. The van der Waals surface area contributed by atoms with Crippen LogP contribution in [0.15, 0.2) is 24.5 Å². The molecule has 3 unspecified atom stereocenters. The molecule has 96 valence electrons. The number of anilines is 1. The van der Waals surface area contributed by atoms with E-state index in [1.54, 1.807) is 0 Å². The molecule has 2 bridgehead atoms. The molecular weight excluding hydrogens is 220 g/mol. The molecule has 0 spiro atoms. The maximum atomic E-state index is 4.44. The molecule has 0 aliphatic heterocycles. The molecule has 18 heavy (non-hydrogen) atoms. The summed E-state index contributed by atoms with van der Waals surface area (Å²) in [6, 6.07) is 2.12. The summed E-state index contributed by atoms with van der Waals surface area (Å²) < 4.78 is 0. The Bertz CT molecular complexity index is 478. The van der Waals surface area contributed by atoms with Gasteiger partial charge in [0.15, 0.2) is 0 Å². The lowest BCUT2D eigenvalue weighted by Gasteiger charge is -2.24. The van der Waals surface area contributed by atoms with E-state index in [-0.39, 0.29) is 0 Å². The van der Waals surface area contributed by atoms with Crippen molar-refractivity contribution in [2.75, 3.05) is 5.32 Å². The minimum Gasteiger partial charge on any atom is -0.344 e. The lowest BCUT2D eigenvalue weighted by Crippen LogP contribution is -2.17. The minimum atomic E-state index is 0.673. The van der Waals surface area contributed by atoms with Crippen LogP contribution in [0.1, 0.15) is 36.8 Å². The van der Waals surface area contributed by atoms with Crippen LogP contribution in [0.2, 0.25) is 0 Å². The van der Waals surface area contributed by atoms with E-state index in [0.29, 0.717) is 5.92 Å². The van der Waals surface area contributed by atoms with E-state index in [9.17, 15) is 0 Å². The average Bonchev–Trinajstić information content (AvgIpc) is 2.96. The fourth-order valence-corrected chi connectivity index (χ4v) is 3.62. The van der Waals surface area contributed by atoms with Crippen molar-refractivity contribution < 1.29 is 0 Å². The lowest BCUT2D eigenvalue weighted by molar-refractivity contribution is 0.380. The topological polar surface area (TPSA) is 24.9 Å². The number of hydrogen-bond donors (Lipinski definition) is 1. The minimum absolute atomic E-state index is 0.673. The number of hydrogen-bond acceptors (Lipinski definition) is 2. The first-order valence-electron chi connectivity index (χ1n) is 7.02. The first-order valence-corrected chi connectivity index (χ1v) is 7.02. The molecule has 3 rings (SSSR count). The molecule has 0 aromatic carbocycles. The number of allylic oxidation sites excluding steroid dienone is 1. The number of nitrogens with one attached hydrogen (secondary N) is 1. The van der Waals surface area contributed by atoms with Gasteiger partial charge in [0, 0.05) is 17.8 Å². The normalized spacial score (nSPS) is 29.6. The van der Waals surface area contributed by atoms with Gasteiger partial charge < -0.3 is 5.32 Å². The maximum Gasteiger partial charge on any atom is 0.130 e. The van der Waals surface area contributed by atoms with Crippen LogP contribution in [0.5, 0.6) is 0 Å². The molecule has 0 saturated heterocycles. The van der Waals surface area contributed by atoms with Crippen LogP contribution in [0.4, 0.5) is 5.82 Å². The largest absolute Gasteiger partial charge is 0.344 e. The lowest BCUT2D eigenvalue weighted by atomic mass is 9.87. The summed E-state index contributed by atoms with van der Waals surface area (Å²) in [4.78, 5) is 4.44. The highest BCUT2D eigenvalue weighted by molar-refractivity contribution is 5.45. The zero-order valence-corrected chi connectivity index (χ0v) is 11.4. The summed E-state index contributed by atoms with van der Waals surface area (Å²) in [6.07, 6.45) is 7.53. The van der Waals surface area contributed by atoms with Gasteiger partial charge in [0.1, 0.15) is 5.82 Å². The van der Waals surface area contributed by atoms with Gasteiger partial charge in [0.25, 0.3) is 0 Å². The second-order valence-corrected chi connectivity index (χ2v) is 6.09. The van der Waals surface area contributed by atoms with Crippen LogP contribution in [0.25, 0.3) is 0 Å². The van der Waals surface area contributed by atoms with Gasteiger partial charge in [-0.2, -0.15) is 0 Å². The van der Waals surface area contributed by atoms with Gasteiger partial charge in [-0.05, 0) is 62.1 Å². The van der Waals surface area contributed by atoms with Crippen molar-refractivity contribution in [3.63, 3.8) is 0 Å². The summed E-state index contributed by atoms with van der Waals surface area (Å²) >= 11 is 0. The predicted octanol–water partition coefficient (Wildman–Crippen LogP) is 4.06. The number of fused-ring (bicyclic) bond motifs is 2. The molecule has 2 heteroatoms. The van der Waals surface area contributed by atoms with E-state index in [1.165, 1.54) is 42.5 Å². The summed E-state index contributed by atoms with van der Waals surface area (Å²) in [5, 5.41) is 3.43. The molecule has 1 N–H and O–H groups in total. The molecule has 2 nitrogen and oxygen atoms in total. The monoisotopic (exact) mass is 242 g/mol. The molecule has 1 aromatic rings. The van der Waals surface area contributed by atoms with E-state index in [0.717, 1.165) is 17.7 Å². The van der Waals surface area contributed by atoms with Crippen LogP contribution in [0.3, 0.4) is 0 Å². The summed E-state index contributed by atoms with van der Waals surface area (Å²) in [7, 11) is 0. The zero-order valence-electron chi connectivity index (χ0n) is 11.4. The van der Waals surface area contributed by atoms with Gasteiger partial charge in [-0.25, -0.2) is 4.98 Å². The van der Waals surface area contributed by atoms with E-state index >= 15 is 0 Å². The van der Waals surface area contributed by atoms with Crippen molar-refractivity contribution >= 4 is 5.82 Å². The molecule has 1 heterocycles. The Labute approximate surface area is 110 Å². The van der Waals surface area contributed by atoms with Gasteiger partial charge in [-0.15, -0.1) is 0 Å². The highest BCUT2D eigenvalue weighted by atomic mass is 15.0. The van der Waals surface area contributed by atoms with Crippen molar-refractivity contribution in [2.24, 2.45) is 17.8 Å². The van der Waals surface area contributed by atoms with E-state index in [4.69, 9.17) is 0 Å². The molecule has 2 aliphatic carbocycles. The van der Waals surface area contributed by atoms with Crippen molar-refractivity contribution in [2.45, 2.75) is 39.5 Å². The first-order chi connectivity index (χ1) is 8.63. The Morgan fingerprint density at radius 3 is 2.72 bits per heavy atom. The zero-order chi connectivity index (χ0) is 12.7. The van der Waals surface area contributed by atoms with Crippen LogP contribution in [-0.4, -0.2) is 4.98 Å². The van der Waals surface area contributed by atoms with Gasteiger partial charge in [-0.1, -0.05) is 13.0 Å². The van der Waals surface area contributed by atoms with Gasteiger partial charge in [0.05, 0.1) is 0 Å². The first kappa shape index (κ1) is 11.8. The van der Waals surface area contributed by atoms with Crippen LogP contribution in [0, 0.1) is 31.6 Å². The summed E-state index contributed by atoms with van der Waals surface area (Å²) in [5.41, 5.74) is 3.71. The molecule has 1 aromatic heterocycles. The van der Waals surface area contributed by atoms with Crippen molar-refractivity contribution in [1.82, 2.24) is 4.98 Å². The molecule has 0 radical (unpaired) electrons. The Kier molecular flexibility index (Phi) is 2.89. The quantitative estimate of drug-likeness (QED) is 0.864. The highest BCUT2D eigenvalue weighted by Crippen LogP contribution is 2.50. The number of pyridine rings is 1. The molecule has 3 atom stereocenters. The third-order valence-corrected chi connectivity index (χ3v) is 4.85. The van der Waals surface area contributed by atoms with Crippen LogP contribution in [-0.2, 0) is 0 Å². The molecule has 2 aliphatic rings. The van der Waals surface area contributed by atoms with Crippen molar-refractivity contribution in [3.05, 3.63) is 35.7 Å². The van der Waals surface area contributed by atoms with E-state index < -0.39 is 0 Å². The fraction of sp³-hybridized carbons (Fsp3) is 0.562. The van der Waals surface area contributed by atoms with Gasteiger partial charge in [0.2, 0.25) is 0 Å². The van der Waals surface area contributed by atoms with Crippen molar-refractivity contribution in [3.8, 4) is 0 Å². The second-order valence-electron chi connectivity index (χ2n) is 6.09. The molecular formula is C16H22N2. The maximum absolute atomic E-state index is 4.44. The second kappa shape index (κ2) is 4.42. The van der Waals surface area contributed by atoms with Crippen LogP contribution < -0.4 is 5.32 Å². The van der Waals surface area contributed by atoms with Crippen LogP contribution >= 0.6 is 0 Å². The Morgan fingerprint density at radius 1 is 1.28 bits per heavy atom.